The first kappa shape index (κ1) is 18.9. The number of benzene rings is 1. The molecule has 4 heterocycles. The van der Waals surface area contributed by atoms with Gasteiger partial charge in [0.05, 0.1) is 11.1 Å². The molecule has 0 aliphatic carbocycles. The predicted molar refractivity (Wildman–Crippen MR) is 111 cm³/mol. The van der Waals surface area contributed by atoms with Crippen LogP contribution in [0.15, 0.2) is 29.5 Å². The fourth-order valence-corrected chi connectivity index (χ4v) is 4.62. The third-order valence-electron chi connectivity index (χ3n) is 5.01. The summed E-state index contributed by atoms with van der Waals surface area (Å²) in [5.74, 6) is 0.0962. The zero-order chi connectivity index (χ0) is 18.5. The molecule has 2 N–H and O–H groups in total. The number of aryl methyl sites for hydroxylation is 1. The first-order chi connectivity index (χ1) is 13.1. The number of nitrogens with zero attached hydrogens (tertiary/aromatic N) is 5. The van der Waals surface area contributed by atoms with E-state index < -0.39 is 0 Å². The molecule has 5 rings (SSSR count). The molecule has 1 aromatic carbocycles. The van der Waals surface area contributed by atoms with Gasteiger partial charge in [0.25, 0.3) is 5.56 Å². The van der Waals surface area contributed by atoms with Crippen molar-refractivity contribution in [3.05, 3.63) is 35.0 Å². The Bertz CT molecular complexity index is 1220. The molecule has 1 fully saturated rings. The quantitative estimate of drug-likeness (QED) is 0.519. The molecule has 0 radical (unpaired) electrons. The molecule has 8 nitrogen and oxygen atoms in total. The van der Waals surface area contributed by atoms with Gasteiger partial charge in [-0.3, -0.25) is 14.0 Å². The van der Waals surface area contributed by atoms with Crippen molar-refractivity contribution >= 4 is 45.0 Å². The van der Waals surface area contributed by atoms with Crippen LogP contribution in [-0.4, -0.2) is 42.5 Å². The Hall–Kier alpha value is -2.49. The summed E-state index contributed by atoms with van der Waals surface area (Å²) in [5.41, 5.74) is 1.67. The molecule has 0 atom stereocenters. The second-order valence-corrected chi connectivity index (χ2v) is 7.84. The van der Waals surface area contributed by atoms with Gasteiger partial charge in [-0.25, -0.2) is 9.97 Å². The van der Waals surface area contributed by atoms with E-state index >= 15 is 0 Å². The van der Waals surface area contributed by atoms with Crippen LogP contribution in [0.2, 0.25) is 0 Å². The Balaban J connectivity index is 0.00000192. The summed E-state index contributed by atoms with van der Waals surface area (Å²) >= 11 is 1.27. The molecular formula is C18H19ClN6O2S. The van der Waals surface area contributed by atoms with Gasteiger partial charge in [0.2, 0.25) is 0 Å². The first-order valence-corrected chi connectivity index (χ1v) is 9.67. The smallest absolute Gasteiger partial charge is 0.273 e. The van der Waals surface area contributed by atoms with Crippen LogP contribution in [0.4, 0.5) is 0 Å². The van der Waals surface area contributed by atoms with E-state index in [1.54, 1.807) is 21.6 Å². The number of phenolic OH excluding ortho intramolecular Hbond substituents is 1. The van der Waals surface area contributed by atoms with Gasteiger partial charge in [0.15, 0.2) is 5.65 Å². The minimum Gasteiger partial charge on any atom is -0.507 e. The third-order valence-corrected chi connectivity index (χ3v) is 6.08. The summed E-state index contributed by atoms with van der Waals surface area (Å²) in [5, 5.41) is 19.5. The number of aromatic nitrogens is 5. The van der Waals surface area contributed by atoms with Crippen molar-refractivity contribution in [2.24, 2.45) is 7.05 Å². The highest BCUT2D eigenvalue weighted by atomic mass is 35.5. The van der Waals surface area contributed by atoms with Crippen LogP contribution in [0.1, 0.15) is 18.9 Å². The Morgan fingerprint density at radius 3 is 2.86 bits per heavy atom. The molecule has 0 saturated carbocycles. The Morgan fingerprint density at radius 2 is 2.07 bits per heavy atom. The highest BCUT2D eigenvalue weighted by molar-refractivity contribution is 7.21. The van der Waals surface area contributed by atoms with Gasteiger partial charge in [-0.15, -0.1) is 23.7 Å². The number of thiazole rings is 1. The van der Waals surface area contributed by atoms with Crippen LogP contribution in [0.3, 0.4) is 0 Å². The third kappa shape index (κ3) is 3.05. The normalized spacial score (nSPS) is 15.2. The number of fused-ring (bicyclic) bond motifs is 2. The standard InChI is InChI=1S/C18H18N6O2S.ClH/c1-23-8-10-6-12(14(25)7-13(10)22-23)17-21-16-15(27-17)18(26)24(9-20-16)11-2-4-19-5-3-11;/h6-9,11,19,25H,2-5H2,1H3;1H. The van der Waals surface area contributed by atoms with E-state index in [1.807, 2.05) is 19.3 Å². The van der Waals surface area contributed by atoms with Crippen LogP contribution in [-0.2, 0) is 7.05 Å². The van der Waals surface area contributed by atoms with Crippen molar-refractivity contribution in [3.63, 3.8) is 0 Å². The fraction of sp³-hybridized carbons (Fsp3) is 0.333. The van der Waals surface area contributed by atoms with Gasteiger partial charge in [0, 0.05) is 30.7 Å². The minimum atomic E-state index is -0.0578. The predicted octanol–water partition coefficient (Wildman–Crippen LogP) is 2.46. The van der Waals surface area contributed by atoms with E-state index in [4.69, 9.17) is 0 Å². The largest absolute Gasteiger partial charge is 0.507 e. The molecule has 1 aliphatic rings. The van der Waals surface area contributed by atoms with Crippen LogP contribution >= 0.6 is 23.7 Å². The number of halogens is 1. The summed E-state index contributed by atoms with van der Waals surface area (Å²) in [6, 6.07) is 3.64. The van der Waals surface area contributed by atoms with Crippen molar-refractivity contribution in [2.75, 3.05) is 13.1 Å². The van der Waals surface area contributed by atoms with E-state index in [0.29, 0.717) is 26.4 Å². The minimum absolute atomic E-state index is 0. The lowest BCUT2D eigenvalue weighted by molar-refractivity contribution is 0.359. The van der Waals surface area contributed by atoms with Crippen LogP contribution in [0.25, 0.3) is 31.8 Å². The summed E-state index contributed by atoms with van der Waals surface area (Å²) in [6.45, 7) is 1.81. The molecule has 3 aromatic heterocycles. The van der Waals surface area contributed by atoms with Crippen molar-refractivity contribution < 1.29 is 5.11 Å². The fourth-order valence-electron chi connectivity index (χ4n) is 3.64. The topological polar surface area (TPSA) is 97.9 Å². The molecule has 0 spiro atoms. The summed E-state index contributed by atoms with van der Waals surface area (Å²) in [6.07, 6.45) is 5.32. The maximum Gasteiger partial charge on any atom is 0.273 e. The van der Waals surface area contributed by atoms with E-state index in [0.717, 1.165) is 31.3 Å². The molecule has 146 valence electrons. The molecule has 28 heavy (non-hydrogen) atoms. The van der Waals surface area contributed by atoms with E-state index in [9.17, 15) is 9.90 Å². The van der Waals surface area contributed by atoms with Crippen molar-refractivity contribution in [1.29, 1.82) is 0 Å². The van der Waals surface area contributed by atoms with Crippen molar-refractivity contribution in [3.8, 4) is 16.3 Å². The molecule has 1 aliphatic heterocycles. The summed E-state index contributed by atoms with van der Waals surface area (Å²) in [7, 11) is 1.83. The molecule has 10 heteroatoms. The maximum absolute atomic E-state index is 13.0. The van der Waals surface area contributed by atoms with Crippen LogP contribution in [0.5, 0.6) is 5.75 Å². The molecule has 0 unspecified atom stereocenters. The second kappa shape index (κ2) is 7.16. The maximum atomic E-state index is 13.0. The van der Waals surface area contributed by atoms with E-state index in [1.165, 1.54) is 11.3 Å². The lowest BCUT2D eigenvalue weighted by atomic mass is 10.1. The van der Waals surface area contributed by atoms with Gasteiger partial charge in [0.1, 0.15) is 21.8 Å². The molecule has 1 saturated heterocycles. The summed E-state index contributed by atoms with van der Waals surface area (Å²) < 4.78 is 3.96. The molecule has 0 bridgehead atoms. The zero-order valence-corrected chi connectivity index (χ0v) is 16.8. The number of aromatic hydroxyl groups is 1. The van der Waals surface area contributed by atoms with Crippen molar-refractivity contribution in [2.45, 2.75) is 18.9 Å². The Kier molecular flexibility index (Phi) is 4.82. The van der Waals surface area contributed by atoms with Gasteiger partial charge in [-0.2, -0.15) is 5.10 Å². The first-order valence-electron chi connectivity index (χ1n) is 8.85. The second-order valence-electron chi connectivity index (χ2n) is 6.84. The highest BCUT2D eigenvalue weighted by Crippen LogP contribution is 2.36. The zero-order valence-electron chi connectivity index (χ0n) is 15.1. The number of hydrogen-bond acceptors (Lipinski definition) is 7. The number of nitrogens with one attached hydrogen (secondary N) is 1. The van der Waals surface area contributed by atoms with E-state index in [2.05, 4.69) is 20.4 Å². The molecular weight excluding hydrogens is 400 g/mol. The SMILES string of the molecule is Cl.Cn1cc2cc(-c3nc4ncn(C5CCNCC5)c(=O)c4s3)c(O)cc2n1. The Labute approximate surface area is 170 Å². The number of piperidine rings is 1. The molecule has 0 amide bonds. The van der Waals surface area contributed by atoms with Crippen molar-refractivity contribution in [1.82, 2.24) is 29.6 Å². The number of rotatable bonds is 2. The van der Waals surface area contributed by atoms with Crippen LogP contribution < -0.4 is 10.9 Å². The average molecular weight is 419 g/mol. The van der Waals surface area contributed by atoms with Gasteiger partial charge in [-0.05, 0) is 32.0 Å². The Morgan fingerprint density at radius 1 is 1.29 bits per heavy atom. The van der Waals surface area contributed by atoms with Crippen LogP contribution in [0, 0.1) is 0 Å². The number of phenols is 1. The average Bonchev–Trinajstić information content (AvgIpc) is 3.24. The highest BCUT2D eigenvalue weighted by Gasteiger charge is 2.20. The number of hydrogen-bond donors (Lipinski definition) is 2. The lowest BCUT2D eigenvalue weighted by Crippen LogP contribution is -2.34. The van der Waals surface area contributed by atoms with Gasteiger partial charge in [-0.1, -0.05) is 0 Å². The monoisotopic (exact) mass is 418 g/mol. The van der Waals surface area contributed by atoms with E-state index in [-0.39, 0.29) is 29.8 Å². The lowest BCUT2D eigenvalue weighted by Gasteiger charge is -2.24. The summed E-state index contributed by atoms with van der Waals surface area (Å²) in [4.78, 5) is 21.9. The van der Waals surface area contributed by atoms with Gasteiger partial charge < -0.3 is 10.4 Å². The van der Waals surface area contributed by atoms with Gasteiger partial charge >= 0.3 is 0 Å². The molecule has 4 aromatic rings.